The summed E-state index contributed by atoms with van der Waals surface area (Å²) in [6, 6.07) is 2.16. The van der Waals surface area contributed by atoms with Crippen molar-refractivity contribution < 1.29 is 0 Å². The maximum absolute atomic E-state index is 8.57. The lowest BCUT2D eigenvalue weighted by molar-refractivity contribution is 0.416. The summed E-state index contributed by atoms with van der Waals surface area (Å²) in [6.45, 7) is 5.59. The van der Waals surface area contributed by atoms with Crippen molar-refractivity contribution in [3.63, 3.8) is 0 Å². The summed E-state index contributed by atoms with van der Waals surface area (Å²) in [5, 5.41) is 8.57. The van der Waals surface area contributed by atoms with Gasteiger partial charge in [-0.2, -0.15) is 5.26 Å². The van der Waals surface area contributed by atoms with Crippen LogP contribution in [0.2, 0.25) is 0 Å². The molecule has 0 radical (unpaired) electrons. The highest BCUT2D eigenvalue weighted by Crippen LogP contribution is 2.05. The fourth-order valence-electron chi connectivity index (χ4n) is 1.12. The molecule has 0 amide bonds. The van der Waals surface area contributed by atoms with Crippen LogP contribution in [0.5, 0.6) is 0 Å². The summed E-state index contributed by atoms with van der Waals surface area (Å²) >= 11 is 0. The summed E-state index contributed by atoms with van der Waals surface area (Å²) in [5.41, 5.74) is 0. The minimum absolute atomic E-state index is 0.0220. The second-order valence-corrected chi connectivity index (χ2v) is 2.43. The fourth-order valence-corrected chi connectivity index (χ4v) is 1.12. The van der Waals surface area contributed by atoms with Crippen molar-refractivity contribution >= 4 is 5.84 Å². The predicted molar refractivity (Wildman–Crippen MR) is 39.8 cm³/mol. The highest BCUT2D eigenvalue weighted by molar-refractivity contribution is 5.81. The zero-order chi connectivity index (χ0) is 7.56. The Morgan fingerprint density at radius 2 is 2.50 bits per heavy atom. The van der Waals surface area contributed by atoms with E-state index in [1.807, 2.05) is 18.7 Å². The highest BCUT2D eigenvalue weighted by Gasteiger charge is 2.17. The van der Waals surface area contributed by atoms with E-state index in [1.54, 1.807) is 0 Å². The third-order valence-corrected chi connectivity index (χ3v) is 1.75. The highest BCUT2D eigenvalue weighted by atomic mass is 15.2. The van der Waals surface area contributed by atoms with E-state index in [-0.39, 0.29) is 6.04 Å². The van der Waals surface area contributed by atoms with Crippen LogP contribution in [0.15, 0.2) is 4.99 Å². The number of nitriles is 1. The van der Waals surface area contributed by atoms with E-state index >= 15 is 0 Å². The van der Waals surface area contributed by atoms with Gasteiger partial charge in [0.05, 0.1) is 18.4 Å². The first-order valence-electron chi connectivity index (χ1n) is 3.43. The van der Waals surface area contributed by atoms with Crippen LogP contribution in [-0.4, -0.2) is 29.9 Å². The Morgan fingerprint density at radius 3 is 2.90 bits per heavy atom. The molecule has 1 aliphatic rings. The molecule has 10 heavy (non-hydrogen) atoms. The topological polar surface area (TPSA) is 39.4 Å². The maximum Gasteiger partial charge on any atom is 0.115 e. The van der Waals surface area contributed by atoms with Gasteiger partial charge in [-0.3, -0.25) is 4.99 Å². The van der Waals surface area contributed by atoms with Crippen LogP contribution in [0, 0.1) is 11.3 Å². The van der Waals surface area contributed by atoms with Gasteiger partial charge in [-0.05, 0) is 13.8 Å². The minimum atomic E-state index is -0.0220. The van der Waals surface area contributed by atoms with Gasteiger partial charge in [0.1, 0.15) is 6.04 Å². The van der Waals surface area contributed by atoms with E-state index in [4.69, 9.17) is 5.26 Å². The second-order valence-electron chi connectivity index (χ2n) is 2.43. The normalized spacial score (nSPS) is 20.1. The molecule has 0 saturated heterocycles. The molecule has 1 rings (SSSR count). The van der Waals surface area contributed by atoms with Crippen molar-refractivity contribution in [2.45, 2.75) is 19.9 Å². The van der Waals surface area contributed by atoms with Gasteiger partial charge in [0, 0.05) is 6.54 Å². The Kier molecular flexibility index (Phi) is 1.91. The van der Waals surface area contributed by atoms with Gasteiger partial charge in [-0.1, -0.05) is 0 Å². The van der Waals surface area contributed by atoms with Crippen molar-refractivity contribution in [2.24, 2.45) is 4.99 Å². The first kappa shape index (κ1) is 7.07. The molecular formula is C7H11N3. The van der Waals surface area contributed by atoms with E-state index in [9.17, 15) is 0 Å². The Balaban J connectivity index is 2.59. The van der Waals surface area contributed by atoms with Gasteiger partial charge in [0.2, 0.25) is 0 Å². The van der Waals surface area contributed by atoms with Crippen LogP contribution in [-0.2, 0) is 0 Å². The molecule has 0 N–H and O–H groups in total. The summed E-state index contributed by atoms with van der Waals surface area (Å²) in [6.07, 6.45) is 0. The molecule has 54 valence electrons. The molecule has 0 bridgehead atoms. The fraction of sp³-hybridized carbons (Fsp3) is 0.714. The Labute approximate surface area is 61.0 Å². The average molecular weight is 137 g/mol. The first-order chi connectivity index (χ1) is 4.75. The van der Waals surface area contributed by atoms with Gasteiger partial charge in [-0.25, -0.2) is 0 Å². The number of nitrogens with zero attached hydrogens (tertiary/aromatic N) is 3. The molecule has 3 heteroatoms. The zero-order valence-electron chi connectivity index (χ0n) is 6.33. The smallest absolute Gasteiger partial charge is 0.115 e. The van der Waals surface area contributed by atoms with E-state index in [0.29, 0.717) is 0 Å². The van der Waals surface area contributed by atoms with Gasteiger partial charge < -0.3 is 4.90 Å². The second kappa shape index (κ2) is 2.70. The number of hydrogen-bond acceptors (Lipinski definition) is 3. The van der Waals surface area contributed by atoms with E-state index in [1.165, 1.54) is 0 Å². The summed E-state index contributed by atoms with van der Waals surface area (Å²) in [4.78, 5) is 6.19. The minimum Gasteiger partial charge on any atom is -0.343 e. The standard InChI is InChI=1S/C7H11N3/c1-6(5-8)10-4-3-9-7(10)2/h6H,3-4H2,1-2H3. The summed E-state index contributed by atoms with van der Waals surface area (Å²) in [5.74, 6) is 0.994. The van der Waals surface area contributed by atoms with Crippen LogP contribution < -0.4 is 0 Å². The lowest BCUT2D eigenvalue weighted by Crippen LogP contribution is -2.33. The monoisotopic (exact) mass is 137 g/mol. The van der Waals surface area contributed by atoms with Crippen molar-refractivity contribution in [2.75, 3.05) is 13.1 Å². The van der Waals surface area contributed by atoms with Crippen LogP contribution in [0.25, 0.3) is 0 Å². The SMILES string of the molecule is CC1=NCCN1C(C)C#N. The molecule has 0 saturated carbocycles. The molecule has 3 nitrogen and oxygen atoms in total. The van der Waals surface area contributed by atoms with Crippen LogP contribution in [0.4, 0.5) is 0 Å². The van der Waals surface area contributed by atoms with Crippen molar-refractivity contribution in [1.29, 1.82) is 5.26 Å². The molecule has 0 aliphatic carbocycles. The maximum atomic E-state index is 8.57. The van der Waals surface area contributed by atoms with Gasteiger partial charge in [0.15, 0.2) is 0 Å². The molecule has 1 heterocycles. The number of rotatable bonds is 1. The molecule has 0 spiro atoms. The lowest BCUT2D eigenvalue weighted by Gasteiger charge is -2.19. The molecule has 0 aromatic carbocycles. The zero-order valence-corrected chi connectivity index (χ0v) is 6.33. The van der Waals surface area contributed by atoms with Gasteiger partial charge in [-0.15, -0.1) is 0 Å². The number of amidine groups is 1. The largest absolute Gasteiger partial charge is 0.343 e. The van der Waals surface area contributed by atoms with Crippen LogP contribution in [0.1, 0.15) is 13.8 Å². The van der Waals surface area contributed by atoms with Crippen molar-refractivity contribution in [3.05, 3.63) is 0 Å². The first-order valence-corrected chi connectivity index (χ1v) is 3.43. The molecule has 0 aromatic rings. The lowest BCUT2D eigenvalue weighted by atomic mass is 10.3. The number of aliphatic imine (C=N–C) groups is 1. The van der Waals surface area contributed by atoms with Crippen LogP contribution >= 0.6 is 0 Å². The third-order valence-electron chi connectivity index (χ3n) is 1.75. The Hall–Kier alpha value is -1.04. The Morgan fingerprint density at radius 1 is 1.80 bits per heavy atom. The molecule has 1 atom stereocenters. The average Bonchev–Trinajstić information content (AvgIpc) is 2.34. The van der Waals surface area contributed by atoms with Crippen molar-refractivity contribution in [1.82, 2.24) is 4.90 Å². The molecule has 0 fully saturated rings. The van der Waals surface area contributed by atoms with Crippen molar-refractivity contribution in [3.8, 4) is 6.07 Å². The van der Waals surface area contributed by atoms with Gasteiger partial charge in [0.25, 0.3) is 0 Å². The summed E-state index contributed by atoms with van der Waals surface area (Å²) < 4.78 is 0. The Bertz CT molecular complexity index is 190. The van der Waals surface area contributed by atoms with Crippen LogP contribution in [0.3, 0.4) is 0 Å². The molecule has 1 aliphatic heterocycles. The van der Waals surface area contributed by atoms with E-state index in [2.05, 4.69) is 11.1 Å². The quantitative estimate of drug-likeness (QED) is 0.531. The van der Waals surface area contributed by atoms with E-state index in [0.717, 1.165) is 18.9 Å². The van der Waals surface area contributed by atoms with Gasteiger partial charge >= 0.3 is 0 Å². The molecule has 1 unspecified atom stereocenters. The third kappa shape index (κ3) is 1.10. The molecule has 0 aromatic heterocycles. The predicted octanol–water partition coefficient (Wildman–Crippen LogP) is 0.632. The number of hydrogen-bond donors (Lipinski definition) is 0. The van der Waals surface area contributed by atoms with E-state index < -0.39 is 0 Å². The molecular weight excluding hydrogens is 126 g/mol. The summed E-state index contributed by atoms with van der Waals surface area (Å²) in [7, 11) is 0.